The van der Waals surface area contributed by atoms with E-state index in [-0.39, 0.29) is 6.04 Å². The van der Waals surface area contributed by atoms with E-state index in [4.69, 9.17) is 4.74 Å². The smallest absolute Gasteiger partial charge is 0.383 e. The Morgan fingerprint density at radius 2 is 2.29 bits per heavy atom. The van der Waals surface area contributed by atoms with Crippen LogP contribution in [0.3, 0.4) is 0 Å². The van der Waals surface area contributed by atoms with E-state index < -0.39 is 11.7 Å². The standard InChI is InChI=1S/C14H20F3N3O/c1-21-8-7-20(10-12-3-2-5-18-12)13-9-11(4-6-19-13)14(15,16)17/h4,6,9,12,18H,2-3,5,7-8,10H2,1H3. The topological polar surface area (TPSA) is 37.4 Å². The van der Waals surface area contributed by atoms with Crippen LogP contribution in [0.4, 0.5) is 19.0 Å². The molecule has 1 unspecified atom stereocenters. The van der Waals surface area contributed by atoms with Gasteiger partial charge in [0.1, 0.15) is 5.82 Å². The fourth-order valence-electron chi connectivity index (χ4n) is 2.45. The minimum Gasteiger partial charge on any atom is -0.383 e. The number of nitrogens with one attached hydrogen (secondary N) is 1. The average molecular weight is 303 g/mol. The van der Waals surface area contributed by atoms with Gasteiger partial charge in [-0.25, -0.2) is 4.98 Å². The molecule has 0 bridgehead atoms. The third-order valence-electron chi connectivity index (χ3n) is 3.57. The molecule has 0 aromatic carbocycles. The zero-order valence-corrected chi connectivity index (χ0v) is 12.0. The van der Waals surface area contributed by atoms with E-state index in [0.29, 0.717) is 25.5 Å². The summed E-state index contributed by atoms with van der Waals surface area (Å²) in [7, 11) is 1.57. The van der Waals surface area contributed by atoms with E-state index in [0.717, 1.165) is 31.5 Å². The summed E-state index contributed by atoms with van der Waals surface area (Å²) in [6.45, 7) is 2.56. The van der Waals surface area contributed by atoms with Gasteiger partial charge in [-0.2, -0.15) is 13.2 Å². The van der Waals surface area contributed by atoms with Crippen molar-refractivity contribution in [3.8, 4) is 0 Å². The number of hydrogen-bond donors (Lipinski definition) is 1. The van der Waals surface area contributed by atoms with E-state index in [1.807, 2.05) is 4.90 Å². The minimum absolute atomic E-state index is 0.290. The number of pyridine rings is 1. The Kier molecular flexibility index (Phi) is 5.41. The first-order valence-electron chi connectivity index (χ1n) is 7.01. The van der Waals surface area contributed by atoms with Gasteiger partial charge in [-0.05, 0) is 31.5 Å². The van der Waals surface area contributed by atoms with Crippen molar-refractivity contribution in [2.24, 2.45) is 0 Å². The number of aromatic nitrogens is 1. The van der Waals surface area contributed by atoms with Crippen molar-refractivity contribution >= 4 is 5.82 Å². The van der Waals surface area contributed by atoms with Crippen molar-refractivity contribution < 1.29 is 17.9 Å². The summed E-state index contributed by atoms with van der Waals surface area (Å²) in [6, 6.07) is 2.38. The van der Waals surface area contributed by atoms with Crippen LogP contribution in [0.2, 0.25) is 0 Å². The number of hydrogen-bond acceptors (Lipinski definition) is 4. The van der Waals surface area contributed by atoms with Gasteiger partial charge in [0.2, 0.25) is 0 Å². The van der Waals surface area contributed by atoms with Crippen LogP contribution in [0.5, 0.6) is 0 Å². The average Bonchev–Trinajstić information content (AvgIpc) is 2.95. The van der Waals surface area contributed by atoms with E-state index in [1.165, 1.54) is 6.20 Å². The van der Waals surface area contributed by atoms with Crippen LogP contribution in [0.1, 0.15) is 18.4 Å². The Hall–Kier alpha value is -1.34. The molecule has 1 aromatic rings. The first-order chi connectivity index (χ1) is 10.0. The largest absolute Gasteiger partial charge is 0.416 e. The Labute approximate surface area is 122 Å². The van der Waals surface area contributed by atoms with E-state index in [9.17, 15) is 13.2 Å². The van der Waals surface area contributed by atoms with Gasteiger partial charge in [0.15, 0.2) is 0 Å². The summed E-state index contributed by atoms with van der Waals surface area (Å²) in [5, 5.41) is 3.35. The van der Waals surface area contributed by atoms with Gasteiger partial charge >= 0.3 is 6.18 Å². The van der Waals surface area contributed by atoms with Crippen LogP contribution in [0.15, 0.2) is 18.3 Å². The Morgan fingerprint density at radius 3 is 2.90 bits per heavy atom. The second-order valence-electron chi connectivity index (χ2n) is 5.13. The zero-order valence-electron chi connectivity index (χ0n) is 12.0. The van der Waals surface area contributed by atoms with Crippen molar-refractivity contribution in [2.45, 2.75) is 25.1 Å². The molecule has 0 saturated carbocycles. The molecule has 21 heavy (non-hydrogen) atoms. The number of alkyl halides is 3. The number of halogens is 3. The number of methoxy groups -OCH3 is 1. The normalized spacial score (nSPS) is 19.0. The van der Waals surface area contributed by atoms with Crippen molar-refractivity contribution in [3.63, 3.8) is 0 Å². The summed E-state index contributed by atoms with van der Waals surface area (Å²) in [6.07, 6.45) is -1.02. The first kappa shape index (κ1) is 16.0. The highest BCUT2D eigenvalue weighted by molar-refractivity contribution is 5.42. The SMILES string of the molecule is COCCN(CC1CCCN1)c1cc(C(F)(F)F)ccn1. The van der Waals surface area contributed by atoms with Crippen LogP contribution >= 0.6 is 0 Å². The van der Waals surface area contributed by atoms with Crippen LogP contribution in [0.25, 0.3) is 0 Å². The monoisotopic (exact) mass is 303 g/mol. The van der Waals surface area contributed by atoms with Gasteiger partial charge in [-0.3, -0.25) is 0 Å². The molecule has 2 rings (SSSR count). The highest BCUT2D eigenvalue weighted by Gasteiger charge is 2.31. The summed E-state index contributed by atoms with van der Waals surface area (Å²) < 4.78 is 43.5. The maximum atomic E-state index is 12.8. The molecule has 7 heteroatoms. The summed E-state index contributed by atoms with van der Waals surface area (Å²) in [5.41, 5.74) is -0.672. The molecule has 1 saturated heterocycles. The molecule has 1 aliphatic rings. The quantitative estimate of drug-likeness (QED) is 0.875. The molecule has 1 fully saturated rings. The number of rotatable bonds is 6. The molecule has 2 heterocycles. The van der Waals surface area contributed by atoms with Gasteiger partial charge < -0.3 is 15.0 Å². The van der Waals surface area contributed by atoms with E-state index in [2.05, 4.69) is 10.3 Å². The lowest BCUT2D eigenvalue weighted by Crippen LogP contribution is -2.39. The zero-order chi connectivity index (χ0) is 15.3. The second kappa shape index (κ2) is 7.09. The van der Waals surface area contributed by atoms with Crippen molar-refractivity contribution in [3.05, 3.63) is 23.9 Å². The van der Waals surface area contributed by atoms with Crippen LogP contribution < -0.4 is 10.2 Å². The fraction of sp³-hybridized carbons (Fsp3) is 0.643. The van der Waals surface area contributed by atoms with Gasteiger partial charge in [0.05, 0.1) is 12.2 Å². The van der Waals surface area contributed by atoms with E-state index >= 15 is 0 Å². The molecule has 1 aliphatic heterocycles. The summed E-state index contributed by atoms with van der Waals surface area (Å²) in [4.78, 5) is 5.94. The fourth-order valence-corrected chi connectivity index (χ4v) is 2.45. The maximum Gasteiger partial charge on any atom is 0.416 e. The highest BCUT2D eigenvalue weighted by Crippen LogP contribution is 2.30. The molecule has 4 nitrogen and oxygen atoms in total. The number of nitrogens with zero attached hydrogens (tertiary/aromatic N) is 2. The lowest BCUT2D eigenvalue weighted by atomic mass is 10.2. The molecule has 118 valence electrons. The minimum atomic E-state index is -4.35. The van der Waals surface area contributed by atoms with Gasteiger partial charge in [0, 0.05) is 32.4 Å². The maximum absolute atomic E-state index is 12.8. The molecular weight excluding hydrogens is 283 g/mol. The van der Waals surface area contributed by atoms with E-state index in [1.54, 1.807) is 7.11 Å². The summed E-state index contributed by atoms with van der Waals surface area (Å²) in [5.74, 6) is 0.343. The third kappa shape index (κ3) is 4.57. The second-order valence-corrected chi connectivity index (χ2v) is 5.13. The first-order valence-corrected chi connectivity index (χ1v) is 7.01. The summed E-state index contributed by atoms with van der Waals surface area (Å²) >= 11 is 0. The number of ether oxygens (including phenoxy) is 1. The van der Waals surface area contributed by atoms with Crippen LogP contribution in [-0.2, 0) is 10.9 Å². The molecule has 0 amide bonds. The van der Waals surface area contributed by atoms with Gasteiger partial charge in [-0.1, -0.05) is 0 Å². The molecule has 1 N–H and O–H groups in total. The highest BCUT2D eigenvalue weighted by atomic mass is 19.4. The van der Waals surface area contributed by atoms with Crippen LogP contribution in [0, 0.1) is 0 Å². The Bertz CT molecular complexity index is 447. The van der Waals surface area contributed by atoms with Gasteiger partial charge in [0.25, 0.3) is 0 Å². The third-order valence-corrected chi connectivity index (χ3v) is 3.57. The lowest BCUT2D eigenvalue weighted by molar-refractivity contribution is -0.137. The predicted molar refractivity (Wildman–Crippen MR) is 74.4 cm³/mol. The van der Waals surface area contributed by atoms with Crippen molar-refractivity contribution in [1.82, 2.24) is 10.3 Å². The Morgan fingerprint density at radius 1 is 1.48 bits per heavy atom. The molecule has 0 aliphatic carbocycles. The molecule has 1 atom stereocenters. The predicted octanol–water partition coefficient (Wildman–Crippen LogP) is 2.31. The lowest BCUT2D eigenvalue weighted by Gasteiger charge is -2.27. The van der Waals surface area contributed by atoms with Crippen LogP contribution in [-0.4, -0.2) is 44.4 Å². The molecule has 1 aromatic heterocycles. The molecule has 0 radical (unpaired) electrons. The van der Waals surface area contributed by atoms with Crippen molar-refractivity contribution in [2.75, 3.05) is 38.3 Å². The molecular formula is C14H20F3N3O. The molecule has 0 spiro atoms. The Balaban J connectivity index is 2.14. The number of anilines is 1. The van der Waals surface area contributed by atoms with Crippen molar-refractivity contribution in [1.29, 1.82) is 0 Å². The van der Waals surface area contributed by atoms with Gasteiger partial charge in [-0.15, -0.1) is 0 Å².